The van der Waals surface area contributed by atoms with Gasteiger partial charge in [0.1, 0.15) is 11.8 Å². The van der Waals surface area contributed by atoms with Crippen molar-refractivity contribution in [1.29, 1.82) is 0 Å². The molecule has 0 saturated carbocycles. The lowest BCUT2D eigenvalue weighted by Crippen LogP contribution is -2.38. The van der Waals surface area contributed by atoms with Gasteiger partial charge < -0.3 is 15.1 Å². The third kappa shape index (κ3) is 2.06. The van der Waals surface area contributed by atoms with Gasteiger partial charge in [-0.05, 0) is 11.6 Å². The summed E-state index contributed by atoms with van der Waals surface area (Å²) in [7, 11) is -4.98. The minimum Gasteiger partial charge on any atom is -0.508 e. The number of benzene rings is 1. The Morgan fingerprint density at radius 1 is 1.36 bits per heavy atom. The Balaban J connectivity index is 2.17. The van der Waals surface area contributed by atoms with E-state index in [0.717, 1.165) is 4.90 Å². The SMILES string of the molecule is O=C(O)C1c2cccc(O)c2[C@H]2CN1C(=O)N2OS(=O)(=O)O. The van der Waals surface area contributed by atoms with Gasteiger partial charge in [-0.2, -0.15) is 13.5 Å². The Kier molecular flexibility index (Phi) is 3.02. The highest BCUT2D eigenvalue weighted by atomic mass is 32.3. The molecule has 1 unspecified atom stereocenters. The molecule has 2 aliphatic heterocycles. The molecule has 10 nitrogen and oxygen atoms in total. The van der Waals surface area contributed by atoms with Crippen molar-refractivity contribution in [2.24, 2.45) is 0 Å². The van der Waals surface area contributed by atoms with Crippen LogP contribution in [0.25, 0.3) is 0 Å². The minimum atomic E-state index is -4.98. The lowest BCUT2D eigenvalue weighted by molar-refractivity contribution is -0.142. The van der Waals surface area contributed by atoms with Crippen LogP contribution in [0.4, 0.5) is 4.79 Å². The first-order valence-corrected chi connectivity index (χ1v) is 7.38. The fraction of sp³-hybridized carbons (Fsp3) is 0.273. The average molecular weight is 330 g/mol. The van der Waals surface area contributed by atoms with Crippen LogP contribution in [0.2, 0.25) is 0 Å². The highest BCUT2D eigenvalue weighted by Gasteiger charge is 2.53. The number of carboxylic acids is 1. The third-order valence-corrected chi connectivity index (χ3v) is 3.90. The number of aromatic hydroxyl groups is 1. The molecule has 1 aromatic rings. The van der Waals surface area contributed by atoms with Crippen molar-refractivity contribution in [2.45, 2.75) is 12.1 Å². The van der Waals surface area contributed by atoms with E-state index in [4.69, 9.17) is 4.55 Å². The number of carbonyl (C=O) groups is 2. The van der Waals surface area contributed by atoms with Crippen LogP contribution < -0.4 is 0 Å². The lowest BCUT2D eigenvalue weighted by Gasteiger charge is -2.30. The number of rotatable bonds is 3. The third-order valence-electron chi connectivity index (χ3n) is 3.55. The number of phenols is 1. The molecule has 11 heteroatoms. The molecule has 0 radical (unpaired) electrons. The first kappa shape index (κ1) is 14.6. The Morgan fingerprint density at radius 3 is 2.64 bits per heavy atom. The fourth-order valence-electron chi connectivity index (χ4n) is 2.81. The van der Waals surface area contributed by atoms with Crippen molar-refractivity contribution < 1.29 is 37.1 Å². The van der Waals surface area contributed by atoms with Crippen LogP contribution in [0, 0.1) is 0 Å². The van der Waals surface area contributed by atoms with E-state index in [-0.39, 0.29) is 23.4 Å². The van der Waals surface area contributed by atoms with Crippen molar-refractivity contribution >= 4 is 22.4 Å². The number of amides is 2. The van der Waals surface area contributed by atoms with Crippen molar-refractivity contribution in [3.05, 3.63) is 29.3 Å². The lowest BCUT2D eigenvalue weighted by atomic mass is 9.90. The second-order valence-corrected chi connectivity index (χ2v) is 5.80. The van der Waals surface area contributed by atoms with Gasteiger partial charge in [-0.25, -0.2) is 9.59 Å². The summed E-state index contributed by atoms with van der Waals surface area (Å²) in [6.07, 6.45) is 0. The first-order chi connectivity index (χ1) is 10.2. The maximum Gasteiger partial charge on any atom is 0.418 e. The number of hydrogen-bond acceptors (Lipinski definition) is 6. The van der Waals surface area contributed by atoms with E-state index < -0.39 is 34.5 Å². The molecule has 2 heterocycles. The first-order valence-electron chi connectivity index (χ1n) is 6.02. The number of urea groups is 1. The molecule has 3 rings (SSSR count). The largest absolute Gasteiger partial charge is 0.508 e. The maximum absolute atomic E-state index is 12.2. The number of hydroxylamine groups is 2. The van der Waals surface area contributed by atoms with Gasteiger partial charge in [-0.1, -0.05) is 12.1 Å². The quantitative estimate of drug-likeness (QED) is 0.659. The highest BCUT2D eigenvalue weighted by molar-refractivity contribution is 7.80. The Hall–Kier alpha value is -2.37. The molecule has 118 valence electrons. The molecule has 0 aromatic heterocycles. The minimum absolute atomic E-state index is 0.0700. The number of nitrogens with zero attached hydrogens (tertiary/aromatic N) is 2. The topological polar surface area (TPSA) is 145 Å². The summed E-state index contributed by atoms with van der Waals surface area (Å²) in [6.45, 7) is -0.199. The predicted octanol–water partition coefficient (Wildman–Crippen LogP) is 0.0446. The second-order valence-electron chi connectivity index (χ2n) is 4.80. The smallest absolute Gasteiger partial charge is 0.418 e. The zero-order valence-corrected chi connectivity index (χ0v) is 11.6. The number of hydrogen-bond donors (Lipinski definition) is 3. The number of phenolic OH excluding ortho intramolecular Hbond substituents is 1. The molecule has 2 bridgehead atoms. The number of carbonyl (C=O) groups excluding carboxylic acids is 1. The summed E-state index contributed by atoms with van der Waals surface area (Å²) >= 11 is 0. The number of carboxylic acid groups (broad SMARTS) is 1. The van der Waals surface area contributed by atoms with Gasteiger partial charge in [0.2, 0.25) is 0 Å². The van der Waals surface area contributed by atoms with Crippen LogP contribution in [-0.4, -0.2) is 51.7 Å². The Labute approximate surface area is 124 Å². The van der Waals surface area contributed by atoms with Crippen molar-refractivity contribution in [2.75, 3.05) is 6.54 Å². The molecule has 22 heavy (non-hydrogen) atoms. The summed E-state index contributed by atoms with van der Waals surface area (Å²) in [6, 6.07) is 0.626. The molecule has 1 saturated heterocycles. The molecule has 1 aromatic carbocycles. The van der Waals surface area contributed by atoms with Gasteiger partial charge in [-0.15, -0.1) is 4.28 Å². The van der Waals surface area contributed by atoms with Crippen LogP contribution in [0.3, 0.4) is 0 Å². The molecule has 2 aliphatic rings. The van der Waals surface area contributed by atoms with E-state index in [1.165, 1.54) is 18.2 Å². The van der Waals surface area contributed by atoms with Crippen LogP contribution in [-0.2, 0) is 19.5 Å². The van der Waals surface area contributed by atoms with Gasteiger partial charge >= 0.3 is 22.4 Å². The molecule has 2 atom stereocenters. The summed E-state index contributed by atoms with van der Waals surface area (Å²) in [5.41, 5.74) is 0.221. The van der Waals surface area contributed by atoms with Crippen LogP contribution in [0.5, 0.6) is 5.75 Å². The molecule has 0 spiro atoms. The summed E-state index contributed by atoms with van der Waals surface area (Å²) in [5.74, 6) is -1.64. The van der Waals surface area contributed by atoms with E-state index >= 15 is 0 Å². The zero-order valence-electron chi connectivity index (χ0n) is 10.8. The van der Waals surface area contributed by atoms with Gasteiger partial charge in [0.25, 0.3) is 0 Å². The van der Waals surface area contributed by atoms with Gasteiger partial charge in [-0.3, -0.25) is 4.55 Å². The van der Waals surface area contributed by atoms with E-state index in [9.17, 15) is 28.2 Å². The normalized spacial score (nSPS) is 23.6. The molecular weight excluding hydrogens is 320 g/mol. The number of aliphatic carboxylic acids is 1. The van der Waals surface area contributed by atoms with Gasteiger partial charge in [0, 0.05) is 5.56 Å². The molecule has 1 fully saturated rings. The van der Waals surface area contributed by atoms with E-state index in [1.807, 2.05) is 0 Å². The van der Waals surface area contributed by atoms with Crippen molar-refractivity contribution in [1.82, 2.24) is 9.96 Å². The van der Waals surface area contributed by atoms with Crippen LogP contribution in [0.15, 0.2) is 18.2 Å². The Bertz CT molecular complexity index is 776. The Morgan fingerprint density at radius 2 is 2.05 bits per heavy atom. The molecular formula is C11H10N2O8S. The predicted molar refractivity (Wildman–Crippen MR) is 67.8 cm³/mol. The number of fused-ring (bicyclic) bond motifs is 4. The maximum atomic E-state index is 12.2. The van der Waals surface area contributed by atoms with Crippen molar-refractivity contribution in [3.8, 4) is 5.75 Å². The monoisotopic (exact) mass is 330 g/mol. The molecule has 3 N–H and O–H groups in total. The summed E-state index contributed by atoms with van der Waals surface area (Å²) in [5, 5.41) is 19.6. The van der Waals surface area contributed by atoms with Crippen molar-refractivity contribution in [3.63, 3.8) is 0 Å². The molecule has 0 aliphatic carbocycles. The average Bonchev–Trinajstić information content (AvgIpc) is 2.63. The van der Waals surface area contributed by atoms with Crippen LogP contribution >= 0.6 is 0 Å². The second kappa shape index (κ2) is 4.56. The standard InChI is InChI=1S/C11H10N2O8S/c14-7-3-1-2-5-8(7)6-4-12(9(5)10(15)16)11(17)13(6)21-22(18,19)20/h1-3,6,9,14H,4H2,(H,15,16)(H,18,19,20)/t6-,9?/m1/s1. The summed E-state index contributed by atoms with van der Waals surface area (Å²) in [4.78, 5) is 24.5. The van der Waals surface area contributed by atoms with Gasteiger partial charge in [0.05, 0.1) is 6.54 Å². The van der Waals surface area contributed by atoms with E-state index in [1.54, 1.807) is 0 Å². The van der Waals surface area contributed by atoms with Crippen LogP contribution in [0.1, 0.15) is 23.2 Å². The highest BCUT2D eigenvalue weighted by Crippen LogP contribution is 2.47. The van der Waals surface area contributed by atoms with Gasteiger partial charge in [0.15, 0.2) is 6.04 Å². The molecule has 2 amide bonds. The van der Waals surface area contributed by atoms with E-state index in [2.05, 4.69) is 4.28 Å². The zero-order chi connectivity index (χ0) is 16.2. The van der Waals surface area contributed by atoms with E-state index in [0.29, 0.717) is 5.06 Å². The fourth-order valence-corrected chi connectivity index (χ4v) is 3.18. The summed E-state index contributed by atoms with van der Waals surface area (Å²) < 4.78 is 34.7.